The van der Waals surface area contributed by atoms with E-state index in [4.69, 9.17) is 0 Å². The van der Waals surface area contributed by atoms with Gasteiger partial charge in [-0.3, -0.25) is 4.99 Å². The minimum Gasteiger partial charge on any atom is -0.319 e. The van der Waals surface area contributed by atoms with Crippen molar-refractivity contribution in [2.45, 2.75) is 6.42 Å². The molecule has 0 fully saturated rings. The average molecular weight is 148 g/mol. The standard InChI is InChI=1S/C9H12N2/c1-10-7-4-9-3-2-6-11-8-5-9/h3,5-6,8,10H,4,7H2,1H3. The van der Waals surface area contributed by atoms with Gasteiger partial charge in [0.1, 0.15) is 0 Å². The molecule has 11 heavy (non-hydrogen) atoms. The molecule has 0 amide bonds. The summed E-state index contributed by atoms with van der Waals surface area (Å²) in [5, 5.41) is 3.09. The lowest BCUT2D eigenvalue weighted by atomic mass is 10.2. The van der Waals surface area contributed by atoms with Crippen LogP contribution >= 0.6 is 0 Å². The third-order valence-electron chi connectivity index (χ3n) is 1.46. The summed E-state index contributed by atoms with van der Waals surface area (Å²) in [7, 11) is 1.95. The van der Waals surface area contributed by atoms with E-state index in [0.29, 0.717) is 0 Å². The number of allylic oxidation sites excluding steroid dienone is 2. The van der Waals surface area contributed by atoms with E-state index < -0.39 is 0 Å². The summed E-state index contributed by atoms with van der Waals surface area (Å²) in [6.07, 6.45) is 8.46. The molecule has 0 saturated carbocycles. The van der Waals surface area contributed by atoms with Crippen LogP contribution in [0.1, 0.15) is 6.42 Å². The third kappa shape index (κ3) is 2.99. The summed E-state index contributed by atoms with van der Waals surface area (Å²) >= 11 is 0. The van der Waals surface area contributed by atoms with Crippen LogP contribution < -0.4 is 5.32 Å². The lowest BCUT2D eigenvalue weighted by molar-refractivity contribution is 0.795. The average Bonchev–Trinajstić information content (AvgIpc) is 2.28. The van der Waals surface area contributed by atoms with Gasteiger partial charge < -0.3 is 5.32 Å². The normalized spacial score (nSPS) is 14.8. The van der Waals surface area contributed by atoms with E-state index in [-0.39, 0.29) is 0 Å². The molecule has 0 saturated heterocycles. The Morgan fingerprint density at radius 2 is 2.55 bits per heavy atom. The molecule has 0 bridgehead atoms. The van der Waals surface area contributed by atoms with E-state index >= 15 is 0 Å². The molecular formula is C9H12N2. The van der Waals surface area contributed by atoms with Gasteiger partial charge in [-0.15, -0.1) is 5.73 Å². The molecule has 0 spiro atoms. The van der Waals surface area contributed by atoms with Crippen LogP contribution in [0.3, 0.4) is 0 Å². The van der Waals surface area contributed by atoms with Gasteiger partial charge in [-0.05, 0) is 37.7 Å². The van der Waals surface area contributed by atoms with Crippen LogP contribution in [-0.2, 0) is 0 Å². The van der Waals surface area contributed by atoms with Crippen molar-refractivity contribution in [1.82, 2.24) is 5.32 Å². The molecule has 0 radical (unpaired) electrons. The molecule has 0 unspecified atom stereocenters. The SMILES string of the molecule is CNCCC1=CC=NC=C=C1. The minimum atomic E-state index is 0.998. The third-order valence-corrected chi connectivity index (χ3v) is 1.46. The number of nitrogens with one attached hydrogen (secondary N) is 1. The summed E-state index contributed by atoms with van der Waals surface area (Å²) in [6, 6.07) is 0. The Kier molecular flexibility index (Phi) is 3.39. The second kappa shape index (κ2) is 4.67. The monoisotopic (exact) mass is 148 g/mol. The fourth-order valence-corrected chi connectivity index (χ4v) is 0.842. The van der Waals surface area contributed by atoms with Crippen LogP contribution in [0.25, 0.3) is 0 Å². The van der Waals surface area contributed by atoms with E-state index in [1.165, 1.54) is 5.57 Å². The van der Waals surface area contributed by atoms with Gasteiger partial charge in [-0.2, -0.15) is 0 Å². The van der Waals surface area contributed by atoms with Crippen LogP contribution in [0.4, 0.5) is 0 Å². The summed E-state index contributed by atoms with van der Waals surface area (Å²) in [6.45, 7) is 0.998. The molecule has 0 aromatic rings. The van der Waals surface area contributed by atoms with Crippen LogP contribution in [0.2, 0.25) is 0 Å². The lowest BCUT2D eigenvalue weighted by Crippen LogP contribution is -2.07. The fraction of sp³-hybridized carbons (Fsp3) is 0.333. The second-order valence-corrected chi connectivity index (χ2v) is 2.33. The van der Waals surface area contributed by atoms with E-state index in [1.54, 1.807) is 12.4 Å². The molecule has 0 aliphatic carbocycles. The van der Waals surface area contributed by atoms with Gasteiger partial charge in [0.05, 0.1) is 6.20 Å². The molecule has 0 atom stereocenters. The maximum absolute atomic E-state index is 3.94. The van der Waals surface area contributed by atoms with E-state index in [2.05, 4.69) is 16.0 Å². The maximum Gasteiger partial charge on any atom is 0.0686 e. The van der Waals surface area contributed by atoms with Crippen molar-refractivity contribution in [3.63, 3.8) is 0 Å². The molecule has 2 nitrogen and oxygen atoms in total. The molecule has 2 heteroatoms. The number of hydrogen-bond acceptors (Lipinski definition) is 2. The number of rotatable bonds is 3. The zero-order valence-corrected chi connectivity index (χ0v) is 6.67. The van der Waals surface area contributed by atoms with Crippen molar-refractivity contribution in [2.24, 2.45) is 4.99 Å². The molecule has 1 aliphatic heterocycles. The number of nitrogens with zero attached hydrogens (tertiary/aromatic N) is 1. The molecule has 0 aromatic carbocycles. The summed E-state index contributed by atoms with van der Waals surface area (Å²) in [5.41, 5.74) is 4.22. The van der Waals surface area contributed by atoms with Gasteiger partial charge in [0.2, 0.25) is 0 Å². The quantitative estimate of drug-likeness (QED) is 0.599. The van der Waals surface area contributed by atoms with Gasteiger partial charge in [0, 0.05) is 6.21 Å². The van der Waals surface area contributed by atoms with Gasteiger partial charge in [0.25, 0.3) is 0 Å². The zero-order chi connectivity index (χ0) is 7.94. The summed E-state index contributed by atoms with van der Waals surface area (Å²) in [5.74, 6) is 0. The molecular weight excluding hydrogens is 136 g/mol. The largest absolute Gasteiger partial charge is 0.319 e. The Hall–Kier alpha value is -1.11. The molecule has 1 aliphatic rings. The highest BCUT2D eigenvalue weighted by Gasteiger charge is 1.90. The first kappa shape index (κ1) is 7.99. The van der Waals surface area contributed by atoms with Gasteiger partial charge in [-0.1, -0.05) is 0 Å². The fourth-order valence-electron chi connectivity index (χ4n) is 0.842. The van der Waals surface area contributed by atoms with Gasteiger partial charge >= 0.3 is 0 Å². The molecule has 58 valence electrons. The summed E-state index contributed by atoms with van der Waals surface area (Å²) in [4.78, 5) is 3.94. The van der Waals surface area contributed by atoms with E-state index in [1.807, 2.05) is 19.2 Å². The van der Waals surface area contributed by atoms with Gasteiger partial charge in [0.15, 0.2) is 0 Å². The number of hydrogen-bond donors (Lipinski definition) is 1. The Morgan fingerprint density at radius 3 is 3.36 bits per heavy atom. The first-order chi connectivity index (χ1) is 5.43. The van der Waals surface area contributed by atoms with Crippen LogP contribution in [0.5, 0.6) is 0 Å². The Labute approximate surface area is 67.0 Å². The highest BCUT2D eigenvalue weighted by Crippen LogP contribution is 2.01. The second-order valence-electron chi connectivity index (χ2n) is 2.33. The lowest BCUT2D eigenvalue weighted by Gasteiger charge is -1.97. The molecule has 1 heterocycles. The first-order valence-corrected chi connectivity index (χ1v) is 3.71. The van der Waals surface area contributed by atoms with Crippen molar-refractivity contribution < 1.29 is 0 Å². The predicted molar refractivity (Wildman–Crippen MR) is 47.8 cm³/mol. The van der Waals surface area contributed by atoms with E-state index in [0.717, 1.165) is 13.0 Å². The van der Waals surface area contributed by atoms with Crippen molar-refractivity contribution in [3.8, 4) is 0 Å². The van der Waals surface area contributed by atoms with E-state index in [9.17, 15) is 0 Å². The van der Waals surface area contributed by atoms with Crippen LogP contribution in [0, 0.1) is 0 Å². The smallest absolute Gasteiger partial charge is 0.0686 e. The topological polar surface area (TPSA) is 24.4 Å². The highest BCUT2D eigenvalue weighted by atomic mass is 14.8. The maximum atomic E-state index is 3.94. The summed E-state index contributed by atoms with van der Waals surface area (Å²) < 4.78 is 0. The Balaban J connectivity index is 2.50. The van der Waals surface area contributed by atoms with Crippen LogP contribution in [0.15, 0.2) is 34.6 Å². The highest BCUT2D eigenvalue weighted by molar-refractivity contribution is 5.74. The Bertz CT molecular complexity index is 230. The van der Waals surface area contributed by atoms with Crippen molar-refractivity contribution in [2.75, 3.05) is 13.6 Å². The molecule has 1 N–H and O–H groups in total. The van der Waals surface area contributed by atoms with Crippen molar-refractivity contribution in [1.29, 1.82) is 0 Å². The predicted octanol–water partition coefficient (Wildman–Crippen LogP) is 1.28. The molecule has 1 rings (SSSR count). The van der Waals surface area contributed by atoms with Crippen molar-refractivity contribution >= 4 is 6.21 Å². The van der Waals surface area contributed by atoms with Gasteiger partial charge in [-0.25, -0.2) is 0 Å². The van der Waals surface area contributed by atoms with Crippen LogP contribution in [-0.4, -0.2) is 19.8 Å². The molecule has 0 aromatic heterocycles. The Morgan fingerprint density at radius 1 is 1.64 bits per heavy atom. The van der Waals surface area contributed by atoms with Crippen molar-refractivity contribution in [3.05, 3.63) is 29.7 Å². The zero-order valence-electron chi connectivity index (χ0n) is 6.67. The first-order valence-electron chi connectivity index (χ1n) is 3.71. The number of aliphatic imine (C=N–C) groups is 1. The minimum absolute atomic E-state index is 0.998.